The van der Waals surface area contributed by atoms with Crippen molar-refractivity contribution >= 4 is 17.3 Å². The van der Waals surface area contributed by atoms with E-state index in [-0.39, 0.29) is 6.61 Å². The van der Waals surface area contributed by atoms with E-state index < -0.39 is 5.97 Å². The predicted octanol–water partition coefficient (Wildman–Crippen LogP) is 4.35. The number of nitrogens with zero attached hydrogens (tertiary/aromatic N) is 2. The Morgan fingerprint density at radius 2 is 1.88 bits per heavy atom. The van der Waals surface area contributed by atoms with Gasteiger partial charge in [-0.2, -0.15) is 5.26 Å². The van der Waals surface area contributed by atoms with Crippen molar-refractivity contribution in [2.75, 3.05) is 0 Å². The van der Waals surface area contributed by atoms with Crippen LogP contribution in [0.15, 0.2) is 54.6 Å². The van der Waals surface area contributed by atoms with Crippen LogP contribution in [0.1, 0.15) is 25.8 Å². The monoisotopic (exact) mass is 334 g/mol. The average molecular weight is 334 g/mol. The molecule has 0 unspecified atom stereocenters. The lowest BCUT2D eigenvalue weighted by Crippen LogP contribution is -2.06. The number of aromatic nitrogens is 1. The first-order chi connectivity index (χ1) is 11.7. The zero-order valence-electron chi connectivity index (χ0n) is 13.0. The van der Waals surface area contributed by atoms with Crippen LogP contribution in [-0.4, -0.2) is 11.0 Å². The number of esters is 1. The second-order valence-electron chi connectivity index (χ2n) is 5.12. The molecular weight excluding hydrogens is 320 g/mol. The number of thiazole rings is 1. The molecule has 2 aromatic carbocycles. The molecule has 0 radical (unpaired) electrons. The average Bonchev–Trinajstić information content (AvgIpc) is 3.02. The Hall–Kier alpha value is -2.97. The fourth-order valence-corrected chi connectivity index (χ4v) is 3.16. The Labute approximate surface area is 144 Å². The van der Waals surface area contributed by atoms with E-state index in [1.165, 1.54) is 11.3 Å². The molecule has 1 aromatic heterocycles. The summed E-state index contributed by atoms with van der Waals surface area (Å²) in [7, 11) is 0. The fourth-order valence-electron chi connectivity index (χ4n) is 2.32. The molecule has 5 heteroatoms. The van der Waals surface area contributed by atoms with Gasteiger partial charge in [-0.15, -0.1) is 11.3 Å². The standard InChI is InChI=1S/C19H14N2O2S/c1-13-21-17(14-7-3-2-4-8-14)18(24-13)19(22)23-12-16-10-6-5-9-15(16)11-20/h2-10H,12H2,1H3. The third-order valence-corrected chi connectivity index (χ3v) is 4.41. The SMILES string of the molecule is Cc1nc(-c2ccccc2)c(C(=O)OCc2ccccc2C#N)s1. The first kappa shape index (κ1) is 15.9. The summed E-state index contributed by atoms with van der Waals surface area (Å²) in [5.74, 6) is -0.424. The van der Waals surface area contributed by atoms with Gasteiger partial charge in [0.1, 0.15) is 11.5 Å². The molecule has 1 heterocycles. The Morgan fingerprint density at radius 3 is 2.62 bits per heavy atom. The largest absolute Gasteiger partial charge is 0.457 e. The van der Waals surface area contributed by atoms with E-state index >= 15 is 0 Å². The van der Waals surface area contributed by atoms with Crippen molar-refractivity contribution in [3.63, 3.8) is 0 Å². The van der Waals surface area contributed by atoms with Crippen LogP contribution in [0.5, 0.6) is 0 Å². The molecule has 0 aliphatic heterocycles. The number of carbonyl (C=O) groups is 1. The molecule has 0 saturated carbocycles. The zero-order valence-corrected chi connectivity index (χ0v) is 13.8. The number of benzene rings is 2. The van der Waals surface area contributed by atoms with E-state index in [0.717, 1.165) is 10.6 Å². The summed E-state index contributed by atoms with van der Waals surface area (Å²) < 4.78 is 5.41. The number of ether oxygens (including phenoxy) is 1. The molecule has 0 saturated heterocycles. The first-order valence-corrected chi connectivity index (χ1v) is 8.18. The van der Waals surface area contributed by atoms with Crippen LogP contribution in [0.4, 0.5) is 0 Å². The van der Waals surface area contributed by atoms with Crippen molar-refractivity contribution in [2.45, 2.75) is 13.5 Å². The maximum absolute atomic E-state index is 12.5. The van der Waals surface area contributed by atoms with Crippen LogP contribution < -0.4 is 0 Å². The minimum atomic E-state index is -0.424. The molecule has 0 amide bonds. The molecule has 0 fully saturated rings. The lowest BCUT2D eigenvalue weighted by atomic mass is 10.1. The van der Waals surface area contributed by atoms with Gasteiger partial charge in [0.25, 0.3) is 0 Å². The minimum absolute atomic E-state index is 0.0632. The minimum Gasteiger partial charge on any atom is -0.457 e. The molecule has 0 spiro atoms. The number of hydrogen-bond acceptors (Lipinski definition) is 5. The highest BCUT2D eigenvalue weighted by atomic mass is 32.1. The van der Waals surface area contributed by atoms with Gasteiger partial charge in [-0.1, -0.05) is 48.5 Å². The molecule has 3 aromatic rings. The maximum Gasteiger partial charge on any atom is 0.350 e. The van der Waals surface area contributed by atoms with E-state index in [9.17, 15) is 4.79 Å². The lowest BCUT2D eigenvalue weighted by molar-refractivity contribution is 0.0479. The molecule has 3 rings (SSSR count). The zero-order chi connectivity index (χ0) is 16.9. The Balaban J connectivity index is 1.83. The molecule has 0 atom stereocenters. The van der Waals surface area contributed by atoms with Crippen molar-refractivity contribution < 1.29 is 9.53 Å². The van der Waals surface area contributed by atoms with Crippen LogP contribution >= 0.6 is 11.3 Å². The number of hydrogen-bond donors (Lipinski definition) is 0. The number of rotatable bonds is 4. The summed E-state index contributed by atoms with van der Waals surface area (Å²) in [6.07, 6.45) is 0. The summed E-state index contributed by atoms with van der Waals surface area (Å²) in [5.41, 5.74) is 2.72. The quantitative estimate of drug-likeness (QED) is 0.666. The van der Waals surface area contributed by atoms with Gasteiger partial charge in [-0.3, -0.25) is 0 Å². The topological polar surface area (TPSA) is 63.0 Å². The molecule has 118 valence electrons. The molecule has 0 aliphatic carbocycles. The Morgan fingerprint density at radius 1 is 1.17 bits per heavy atom. The molecule has 4 nitrogen and oxygen atoms in total. The summed E-state index contributed by atoms with van der Waals surface area (Å²) in [4.78, 5) is 17.4. The number of carbonyl (C=O) groups excluding carboxylic acids is 1. The second-order valence-corrected chi connectivity index (χ2v) is 6.32. The van der Waals surface area contributed by atoms with Crippen LogP contribution in [0.3, 0.4) is 0 Å². The molecular formula is C19H14N2O2S. The molecule has 24 heavy (non-hydrogen) atoms. The van der Waals surface area contributed by atoms with Crippen LogP contribution in [0.2, 0.25) is 0 Å². The van der Waals surface area contributed by atoms with E-state index in [0.29, 0.717) is 21.7 Å². The highest BCUT2D eigenvalue weighted by Gasteiger charge is 2.19. The van der Waals surface area contributed by atoms with Gasteiger partial charge < -0.3 is 4.74 Å². The Bertz CT molecular complexity index is 911. The van der Waals surface area contributed by atoms with Gasteiger partial charge in [0, 0.05) is 11.1 Å². The van der Waals surface area contributed by atoms with Gasteiger partial charge in [0.15, 0.2) is 0 Å². The summed E-state index contributed by atoms with van der Waals surface area (Å²) in [5, 5.41) is 9.90. The van der Waals surface area contributed by atoms with Gasteiger partial charge in [0.2, 0.25) is 0 Å². The van der Waals surface area contributed by atoms with E-state index in [1.807, 2.05) is 43.3 Å². The van der Waals surface area contributed by atoms with E-state index in [4.69, 9.17) is 10.00 Å². The van der Waals surface area contributed by atoms with Crippen LogP contribution in [-0.2, 0) is 11.3 Å². The normalized spacial score (nSPS) is 10.2. The van der Waals surface area contributed by atoms with Crippen LogP contribution in [0.25, 0.3) is 11.3 Å². The number of nitriles is 1. The summed E-state index contributed by atoms with van der Waals surface area (Å²) in [6, 6.07) is 18.7. The van der Waals surface area contributed by atoms with Gasteiger partial charge in [-0.05, 0) is 13.0 Å². The van der Waals surface area contributed by atoms with Gasteiger partial charge >= 0.3 is 5.97 Å². The summed E-state index contributed by atoms with van der Waals surface area (Å²) in [6.45, 7) is 1.92. The first-order valence-electron chi connectivity index (χ1n) is 7.37. The van der Waals surface area contributed by atoms with E-state index in [1.54, 1.807) is 18.2 Å². The number of aryl methyl sites for hydroxylation is 1. The molecule has 0 N–H and O–H groups in total. The highest BCUT2D eigenvalue weighted by Crippen LogP contribution is 2.28. The predicted molar refractivity (Wildman–Crippen MR) is 92.6 cm³/mol. The van der Waals surface area contributed by atoms with Crippen LogP contribution in [0, 0.1) is 18.3 Å². The van der Waals surface area contributed by atoms with Gasteiger partial charge in [-0.25, -0.2) is 9.78 Å². The van der Waals surface area contributed by atoms with Gasteiger partial charge in [0.05, 0.1) is 22.3 Å². The van der Waals surface area contributed by atoms with Crippen molar-refractivity contribution in [1.29, 1.82) is 5.26 Å². The third kappa shape index (κ3) is 3.34. The van der Waals surface area contributed by atoms with Crippen molar-refractivity contribution in [1.82, 2.24) is 4.98 Å². The smallest absolute Gasteiger partial charge is 0.350 e. The molecule has 0 aliphatic rings. The summed E-state index contributed by atoms with van der Waals surface area (Å²) >= 11 is 1.31. The lowest BCUT2D eigenvalue weighted by Gasteiger charge is -2.06. The van der Waals surface area contributed by atoms with E-state index in [2.05, 4.69) is 11.1 Å². The Kier molecular flexibility index (Phi) is 4.69. The maximum atomic E-state index is 12.5. The highest BCUT2D eigenvalue weighted by molar-refractivity contribution is 7.14. The second kappa shape index (κ2) is 7.07. The van der Waals surface area contributed by atoms with Crippen molar-refractivity contribution in [2.24, 2.45) is 0 Å². The fraction of sp³-hybridized carbons (Fsp3) is 0.105. The van der Waals surface area contributed by atoms with Crippen molar-refractivity contribution in [3.05, 3.63) is 75.6 Å². The third-order valence-electron chi connectivity index (χ3n) is 3.46. The van der Waals surface area contributed by atoms with Crippen molar-refractivity contribution in [3.8, 4) is 17.3 Å². The molecule has 0 bridgehead atoms.